The van der Waals surface area contributed by atoms with Crippen molar-refractivity contribution in [3.8, 4) is 0 Å². The summed E-state index contributed by atoms with van der Waals surface area (Å²) in [7, 11) is 0. The molecule has 7 heteroatoms. The minimum atomic E-state index is 0.0510. The Balaban J connectivity index is 1.69. The van der Waals surface area contributed by atoms with Gasteiger partial charge in [0.15, 0.2) is 11.8 Å². The van der Waals surface area contributed by atoms with Crippen molar-refractivity contribution in [3.05, 3.63) is 30.1 Å². The van der Waals surface area contributed by atoms with E-state index in [9.17, 15) is 0 Å². The number of nitrogen functional groups attached to an aromatic ring is 1. The molecule has 3 rings (SSSR count). The van der Waals surface area contributed by atoms with Crippen molar-refractivity contribution < 1.29 is 0 Å². The van der Waals surface area contributed by atoms with Crippen LogP contribution in [0.2, 0.25) is 0 Å². The van der Waals surface area contributed by atoms with Crippen molar-refractivity contribution in [2.75, 3.05) is 12.3 Å². The van der Waals surface area contributed by atoms with E-state index in [-0.39, 0.29) is 5.96 Å². The molecule has 0 aliphatic carbocycles. The molecule has 0 atom stereocenters. The highest BCUT2D eigenvalue weighted by atomic mass is 15.1. The van der Waals surface area contributed by atoms with Crippen molar-refractivity contribution >= 4 is 33.7 Å². The molecule has 0 saturated heterocycles. The minimum absolute atomic E-state index is 0.0510. The second-order valence-corrected chi connectivity index (χ2v) is 6.85. The van der Waals surface area contributed by atoms with Crippen LogP contribution in [0.4, 0.5) is 5.82 Å². The summed E-state index contributed by atoms with van der Waals surface area (Å²) in [6.45, 7) is 3.85. The number of nitrogens with one attached hydrogen (secondary N) is 2. The Bertz CT molecular complexity index is 929. The number of para-hydroxylation sites is 1. The van der Waals surface area contributed by atoms with Gasteiger partial charge in [-0.25, -0.2) is 9.97 Å². The molecule has 0 unspecified atom stereocenters. The Kier molecular flexibility index (Phi) is 6.11. The van der Waals surface area contributed by atoms with Gasteiger partial charge in [0.1, 0.15) is 11.3 Å². The van der Waals surface area contributed by atoms with E-state index in [1.807, 2.05) is 18.2 Å². The Morgan fingerprint density at radius 2 is 1.85 bits per heavy atom. The molecule has 3 aromatic rings. The number of fused-ring (bicyclic) bond motifs is 3. The third-order valence-electron chi connectivity index (χ3n) is 4.88. The number of nitrogens with two attached hydrogens (primary N) is 2. The number of aryl methyl sites for hydroxylation is 2. The van der Waals surface area contributed by atoms with Gasteiger partial charge in [-0.3, -0.25) is 5.41 Å². The van der Waals surface area contributed by atoms with E-state index in [4.69, 9.17) is 21.9 Å². The average molecular weight is 368 g/mol. The number of unbranched alkanes of at least 4 members (excludes halogenated alkanes) is 4. The van der Waals surface area contributed by atoms with E-state index in [1.54, 1.807) is 0 Å². The lowest BCUT2D eigenvalue weighted by atomic mass is 10.1. The lowest BCUT2D eigenvalue weighted by Crippen LogP contribution is -2.30. The smallest absolute Gasteiger partial charge is 0.185 e. The summed E-state index contributed by atoms with van der Waals surface area (Å²) in [5, 5.41) is 11.1. The molecule has 7 nitrogen and oxygen atoms in total. The zero-order chi connectivity index (χ0) is 19.2. The molecule has 2 aromatic heterocycles. The van der Waals surface area contributed by atoms with Gasteiger partial charge in [0, 0.05) is 24.9 Å². The topological polar surface area (TPSA) is 119 Å². The van der Waals surface area contributed by atoms with Gasteiger partial charge in [-0.1, -0.05) is 44.4 Å². The largest absolute Gasteiger partial charge is 0.382 e. The maximum Gasteiger partial charge on any atom is 0.185 e. The summed E-state index contributed by atoms with van der Waals surface area (Å²) < 4.78 is 2.33. The van der Waals surface area contributed by atoms with Crippen LogP contribution in [0, 0.1) is 5.41 Å². The van der Waals surface area contributed by atoms with Crippen molar-refractivity contribution in [1.82, 2.24) is 19.9 Å². The van der Waals surface area contributed by atoms with Crippen LogP contribution in [0.5, 0.6) is 0 Å². The molecule has 1 aromatic carbocycles. The monoisotopic (exact) mass is 367 g/mol. The van der Waals surface area contributed by atoms with E-state index in [0.717, 1.165) is 66.5 Å². The molecule has 6 N–H and O–H groups in total. The molecule has 0 radical (unpaired) electrons. The van der Waals surface area contributed by atoms with E-state index in [2.05, 4.69) is 27.9 Å². The summed E-state index contributed by atoms with van der Waals surface area (Å²) in [4.78, 5) is 9.29. The Morgan fingerprint density at radius 1 is 1.11 bits per heavy atom. The standard InChI is InChI=1S/C20H29N7/c1-2-16-26-17-18(14-10-6-7-11-15(14)25-19(17)21)27(16)13-9-5-3-4-8-12-24-20(22)23/h6-7,10-11H,2-5,8-9,12-13H2,1H3,(H2,21,25)(H4,22,23,24). The molecular formula is C20H29N7. The lowest BCUT2D eigenvalue weighted by Gasteiger charge is -2.10. The number of nitrogens with zero attached hydrogens (tertiary/aromatic N) is 3. The molecule has 0 fully saturated rings. The van der Waals surface area contributed by atoms with E-state index in [0.29, 0.717) is 5.82 Å². The number of hydrogen-bond acceptors (Lipinski definition) is 4. The molecule has 0 aliphatic heterocycles. The molecule has 144 valence electrons. The van der Waals surface area contributed by atoms with Gasteiger partial charge in [-0.2, -0.15) is 0 Å². The number of guanidine groups is 1. The van der Waals surface area contributed by atoms with Gasteiger partial charge in [0.2, 0.25) is 0 Å². The fraction of sp³-hybridized carbons (Fsp3) is 0.450. The lowest BCUT2D eigenvalue weighted by molar-refractivity contribution is 0.555. The van der Waals surface area contributed by atoms with Crippen LogP contribution in [0.15, 0.2) is 24.3 Å². The average Bonchev–Trinajstić information content (AvgIpc) is 3.03. The normalized spacial score (nSPS) is 11.3. The number of aromatic nitrogens is 3. The zero-order valence-corrected chi connectivity index (χ0v) is 16.0. The quantitative estimate of drug-likeness (QED) is 0.263. The highest BCUT2D eigenvalue weighted by molar-refractivity contribution is 6.06. The molecule has 0 aliphatic rings. The molecular weight excluding hydrogens is 338 g/mol. The van der Waals surface area contributed by atoms with Crippen molar-refractivity contribution in [1.29, 1.82) is 5.41 Å². The fourth-order valence-electron chi connectivity index (χ4n) is 3.56. The Morgan fingerprint density at radius 3 is 2.63 bits per heavy atom. The van der Waals surface area contributed by atoms with Crippen molar-refractivity contribution in [2.24, 2.45) is 5.73 Å². The maximum atomic E-state index is 7.14. The highest BCUT2D eigenvalue weighted by Crippen LogP contribution is 2.29. The third-order valence-corrected chi connectivity index (χ3v) is 4.88. The number of rotatable bonds is 9. The van der Waals surface area contributed by atoms with E-state index < -0.39 is 0 Å². The van der Waals surface area contributed by atoms with Gasteiger partial charge < -0.3 is 21.4 Å². The number of hydrogen-bond donors (Lipinski definition) is 4. The molecule has 0 saturated carbocycles. The number of benzene rings is 1. The molecule has 2 heterocycles. The molecule has 0 amide bonds. The zero-order valence-electron chi connectivity index (χ0n) is 16.0. The Hall–Kier alpha value is -2.83. The first-order valence-corrected chi connectivity index (χ1v) is 9.73. The van der Waals surface area contributed by atoms with Crippen LogP contribution in [-0.2, 0) is 13.0 Å². The van der Waals surface area contributed by atoms with Crippen LogP contribution in [0.1, 0.15) is 44.9 Å². The first kappa shape index (κ1) is 18.9. The number of imidazole rings is 1. The second-order valence-electron chi connectivity index (χ2n) is 6.85. The number of anilines is 1. The Labute approximate surface area is 159 Å². The second kappa shape index (κ2) is 8.70. The first-order chi connectivity index (χ1) is 13.1. The molecule has 27 heavy (non-hydrogen) atoms. The summed E-state index contributed by atoms with van der Waals surface area (Å²) in [6.07, 6.45) is 6.51. The summed E-state index contributed by atoms with van der Waals surface area (Å²) in [6, 6.07) is 8.13. The first-order valence-electron chi connectivity index (χ1n) is 9.73. The summed E-state index contributed by atoms with van der Waals surface area (Å²) >= 11 is 0. The predicted octanol–water partition coefficient (Wildman–Crippen LogP) is 3.16. The van der Waals surface area contributed by atoms with Gasteiger partial charge in [-0.15, -0.1) is 0 Å². The van der Waals surface area contributed by atoms with Crippen LogP contribution in [0.25, 0.3) is 21.9 Å². The van der Waals surface area contributed by atoms with Crippen LogP contribution in [-0.4, -0.2) is 27.0 Å². The fourth-order valence-corrected chi connectivity index (χ4v) is 3.56. The van der Waals surface area contributed by atoms with E-state index >= 15 is 0 Å². The van der Waals surface area contributed by atoms with E-state index in [1.165, 1.54) is 12.8 Å². The summed E-state index contributed by atoms with van der Waals surface area (Å²) in [5.41, 5.74) is 14.3. The van der Waals surface area contributed by atoms with Crippen LogP contribution in [0.3, 0.4) is 0 Å². The molecule has 0 spiro atoms. The van der Waals surface area contributed by atoms with Crippen molar-refractivity contribution in [3.63, 3.8) is 0 Å². The number of pyridine rings is 1. The van der Waals surface area contributed by atoms with Gasteiger partial charge >= 0.3 is 0 Å². The third kappa shape index (κ3) is 4.30. The molecule has 0 bridgehead atoms. The van der Waals surface area contributed by atoms with Gasteiger partial charge in [0.05, 0.1) is 11.0 Å². The maximum absolute atomic E-state index is 7.14. The van der Waals surface area contributed by atoms with Gasteiger partial charge in [0.25, 0.3) is 0 Å². The van der Waals surface area contributed by atoms with Gasteiger partial charge in [-0.05, 0) is 18.9 Å². The minimum Gasteiger partial charge on any atom is -0.382 e. The van der Waals surface area contributed by atoms with Crippen LogP contribution < -0.4 is 16.8 Å². The summed E-state index contributed by atoms with van der Waals surface area (Å²) in [5.74, 6) is 1.63. The van der Waals surface area contributed by atoms with Crippen molar-refractivity contribution in [2.45, 2.75) is 52.0 Å². The van der Waals surface area contributed by atoms with Crippen LogP contribution >= 0.6 is 0 Å². The highest BCUT2D eigenvalue weighted by Gasteiger charge is 2.15. The predicted molar refractivity (Wildman–Crippen MR) is 112 cm³/mol. The SMILES string of the molecule is CCc1nc2c(N)nc3ccccc3c2n1CCCCCCCNC(=N)N.